The van der Waals surface area contributed by atoms with Crippen molar-refractivity contribution in [3.05, 3.63) is 0 Å². The van der Waals surface area contributed by atoms with E-state index in [0.717, 1.165) is 0 Å². The SMILES string of the molecule is CC(NC(=O)CNC(=O)CN)C(=O)NCC(=O)O. The molecule has 18 heavy (non-hydrogen) atoms. The average Bonchev–Trinajstić information content (AvgIpc) is 2.32. The van der Waals surface area contributed by atoms with Crippen LogP contribution in [0, 0.1) is 0 Å². The van der Waals surface area contributed by atoms with E-state index in [1.807, 2.05) is 0 Å². The molecule has 0 aliphatic carbocycles. The third-order valence-corrected chi connectivity index (χ3v) is 1.82. The second-order valence-corrected chi connectivity index (χ2v) is 3.38. The molecular formula is C9H16N4O5. The van der Waals surface area contributed by atoms with E-state index >= 15 is 0 Å². The van der Waals surface area contributed by atoms with Crippen LogP contribution in [0.2, 0.25) is 0 Å². The van der Waals surface area contributed by atoms with E-state index in [0.29, 0.717) is 0 Å². The lowest BCUT2D eigenvalue weighted by molar-refractivity contribution is -0.138. The van der Waals surface area contributed by atoms with Crippen LogP contribution >= 0.6 is 0 Å². The van der Waals surface area contributed by atoms with Gasteiger partial charge in [-0.2, -0.15) is 0 Å². The summed E-state index contributed by atoms with van der Waals surface area (Å²) < 4.78 is 0. The minimum Gasteiger partial charge on any atom is -0.480 e. The minimum atomic E-state index is -1.18. The van der Waals surface area contributed by atoms with Gasteiger partial charge in [-0.1, -0.05) is 0 Å². The van der Waals surface area contributed by atoms with E-state index in [-0.39, 0.29) is 13.1 Å². The molecule has 9 nitrogen and oxygen atoms in total. The summed E-state index contributed by atoms with van der Waals surface area (Å²) >= 11 is 0. The van der Waals surface area contributed by atoms with Crippen LogP contribution in [0.1, 0.15) is 6.92 Å². The molecule has 0 fully saturated rings. The molecular weight excluding hydrogens is 244 g/mol. The van der Waals surface area contributed by atoms with E-state index in [2.05, 4.69) is 16.0 Å². The Bertz CT molecular complexity index is 344. The van der Waals surface area contributed by atoms with Gasteiger partial charge in [-0.25, -0.2) is 0 Å². The van der Waals surface area contributed by atoms with Gasteiger partial charge in [-0.3, -0.25) is 19.2 Å². The molecule has 1 atom stereocenters. The van der Waals surface area contributed by atoms with Crippen molar-refractivity contribution in [2.75, 3.05) is 19.6 Å². The van der Waals surface area contributed by atoms with E-state index in [1.54, 1.807) is 0 Å². The molecule has 0 spiro atoms. The first-order valence-electron chi connectivity index (χ1n) is 5.12. The minimum absolute atomic E-state index is 0.234. The maximum absolute atomic E-state index is 11.3. The highest BCUT2D eigenvalue weighted by molar-refractivity contribution is 5.91. The van der Waals surface area contributed by atoms with Crippen LogP contribution in [0.4, 0.5) is 0 Å². The quantitative estimate of drug-likeness (QED) is 0.324. The number of nitrogens with two attached hydrogens (primary N) is 1. The van der Waals surface area contributed by atoms with E-state index in [1.165, 1.54) is 6.92 Å². The maximum Gasteiger partial charge on any atom is 0.322 e. The molecule has 1 unspecified atom stereocenters. The lowest BCUT2D eigenvalue weighted by atomic mass is 10.3. The molecule has 0 aliphatic rings. The number of amides is 3. The molecule has 9 heteroatoms. The highest BCUT2D eigenvalue weighted by Crippen LogP contribution is 1.82. The monoisotopic (exact) mass is 260 g/mol. The lowest BCUT2D eigenvalue weighted by Crippen LogP contribution is -2.49. The zero-order valence-corrected chi connectivity index (χ0v) is 9.86. The third-order valence-electron chi connectivity index (χ3n) is 1.82. The lowest BCUT2D eigenvalue weighted by Gasteiger charge is -2.13. The number of carboxylic acid groups (broad SMARTS) is 1. The number of carboxylic acids is 1. The molecule has 0 aromatic carbocycles. The summed E-state index contributed by atoms with van der Waals surface area (Å²) in [7, 11) is 0. The van der Waals surface area contributed by atoms with E-state index in [4.69, 9.17) is 10.8 Å². The van der Waals surface area contributed by atoms with Gasteiger partial charge in [0.05, 0.1) is 13.1 Å². The number of aliphatic carboxylic acids is 1. The van der Waals surface area contributed by atoms with E-state index in [9.17, 15) is 19.2 Å². The molecule has 0 saturated heterocycles. The Morgan fingerprint density at radius 1 is 1.11 bits per heavy atom. The average molecular weight is 260 g/mol. The molecule has 6 N–H and O–H groups in total. The van der Waals surface area contributed by atoms with Crippen molar-refractivity contribution in [3.8, 4) is 0 Å². The molecule has 0 saturated carbocycles. The fourth-order valence-corrected chi connectivity index (χ4v) is 0.925. The van der Waals surface area contributed by atoms with Gasteiger partial charge in [0, 0.05) is 0 Å². The molecule has 0 aliphatic heterocycles. The van der Waals surface area contributed by atoms with Gasteiger partial charge in [-0.15, -0.1) is 0 Å². The molecule has 102 valence electrons. The van der Waals surface area contributed by atoms with Gasteiger partial charge < -0.3 is 26.8 Å². The topological polar surface area (TPSA) is 151 Å². The predicted molar refractivity (Wildman–Crippen MR) is 60.3 cm³/mol. The summed E-state index contributed by atoms with van der Waals surface area (Å²) in [5, 5.41) is 14.9. The summed E-state index contributed by atoms with van der Waals surface area (Å²) in [6.45, 7) is 0.331. The van der Waals surface area contributed by atoms with Crippen LogP contribution in [-0.4, -0.2) is 54.5 Å². The predicted octanol–water partition coefficient (Wildman–Crippen LogP) is -3.23. The summed E-state index contributed by atoms with van der Waals surface area (Å²) in [5.74, 6) is -2.88. The number of rotatable bonds is 7. The first kappa shape index (κ1) is 15.8. The van der Waals surface area contributed by atoms with Crippen molar-refractivity contribution in [3.63, 3.8) is 0 Å². The second kappa shape index (κ2) is 8.01. The molecule has 0 radical (unpaired) electrons. The summed E-state index contributed by atoms with van der Waals surface area (Å²) in [5.41, 5.74) is 5.01. The van der Waals surface area contributed by atoms with Crippen LogP contribution < -0.4 is 21.7 Å². The zero-order chi connectivity index (χ0) is 14.1. The van der Waals surface area contributed by atoms with Gasteiger partial charge in [-0.05, 0) is 6.92 Å². The third kappa shape index (κ3) is 7.17. The number of carbonyl (C=O) groups excluding carboxylic acids is 3. The zero-order valence-electron chi connectivity index (χ0n) is 9.86. The van der Waals surface area contributed by atoms with Crippen molar-refractivity contribution in [2.45, 2.75) is 13.0 Å². The van der Waals surface area contributed by atoms with E-state index < -0.39 is 36.3 Å². The standard InChI is InChI=1S/C9H16N4O5/c1-5(9(18)12-4-8(16)17)13-7(15)3-11-6(14)2-10/h5H,2-4,10H2,1H3,(H,11,14)(H,12,18)(H,13,15)(H,16,17). The van der Waals surface area contributed by atoms with Gasteiger partial charge >= 0.3 is 5.97 Å². The Kier molecular flexibility index (Phi) is 7.05. The Hall–Kier alpha value is -2.16. The number of carbonyl (C=O) groups is 4. The van der Waals surface area contributed by atoms with Crippen LogP contribution in [0.5, 0.6) is 0 Å². The summed E-state index contributed by atoms with van der Waals surface area (Å²) in [6.07, 6.45) is 0. The van der Waals surface area contributed by atoms with Crippen molar-refractivity contribution in [2.24, 2.45) is 5.73 Å². The fraction of sp³-hybridized carbons (Fsp3) is 0.556. The molecule has 0 rings (SSSR count). The number of hydrogen-bond donors (Lipinski definition) is 5. The Morgan fingerprint density at radius 3 is 2.22 bits per heavy atom. The maximum atomic E-state index is 11.3. The highest BCUT2D eigenvalue weighted by atomic mass is 16.4. The first-order valence-corrected chi connectivity index (χ1v) is 5.12. The van der Waals surface area contributed by atoms with Gasteiger partial charge in [0.15, 0.2) is 0 Å². The molecule has 0 aromatic rings. The first-order chi connectivity index (χ1) is 8.36. The fourth-order valence-electron chi connectivity index (χ4n) is 0.925. The van der Waals surface area contributed by atoms with Gasteiger partial charge in [0.2, 0.25) is 17.7 Å². The summed E-state index contributed by atoms with van der Waals surface area (Å²) in [4.78, 5) is 43.5. The molecule has 0 heterocycles. The summed E-state index contributed by atoms with van der Waals surface area (Å²) in [6, 6.07) is -0.897. The van der Waals surface area contributed by atoms with Crippen LogP contribution in [0.3, 0.4) is 0 Å². The normalized spacial score (nSPS) is 11.2. The largest absolute Gasteiger partial charge is 0.480 e. The van der Waals surface area contributed by atoms with Crippen LogP contribution in [0.15, 0.2) is 0 Å². The second-order valence-electron chi connectivity index (χ2n) is 3.38. The Labute approximate surface area is 103 Å². The van der Waals surface area contributed by atoms with Crippen molar-refractivity contribution >= 4 is 23.7 Å². The highest BCUT2D eigenvalue weighted by Gasteiger charge is 2.16. The van der Waals surface area contributed by atoms with Crippen molar-refractivity contribution < 1.29 is 24.3 Å². The van der Waals surface area contributed by atoms with Crippen LogP contribution in [-0.2, 0) is 19.2 Å². The van der Waals surface area contributed by atoms with Crippen molar-refractivity contribution in [1.82, 2.24) is 16.0 Å². The number of nitrogens with one attached hydrogen (secondary N) is 3. The molecule has 0 aromatic heterocycles. The Balaban J connectivity index is 3.95. The Morgan fingerprint density at radius 2 is 1.72 bits per heavy atom. The van der Waals surface area contributed by atoms with Crippen molar-refractivity contribution in [1.29, 1.82) is 0 Å². The van der Waals surface area contributed by atoms with Gasteiger partial charge in [0.25, 0.3) is 0 Å². The molecule has 3 amide bonds. The molecule has 0 bridgehead atoms. The van der Waals surface area contributed by atoms with Crippen LogP contribution in [0.25, 0.3) is 0 Å². The number of hydrogen-bond acceptors (Lipinski definition) is 5. The van der Waals surface area contributed by atoms with Gasteiger partial charge in [0.1, 0.15) is 12.6 Å². The smallest absolute Gasteiger partial charge is 0.322 e.